The van der Waals surface area contributed by atoms with E-state index < -0.39 is 26.1 Å². The molecule has 0 bridgehead atoms. The van der Waals surface area contributed by atoms with Gasteiger partial charge < -0.3 is 10.0 Å². The van der Waals surface area contributed by atoms with Gasteiger partial charge in [0.2, 0.25) is 0 Å². The van der Waals surface area contributed by atoms with Crippen molar-refractivity contribution in [2.75, 3.05) is 26.1 Å². The first-order chi connectivity index (χ1) is 6.02. The van der Waals surface area contributed by atoms with E-state index in [4.69, 9.17) is 11.0 Å². The third-order valence-corrected chi connectivity index (χ3v) is 0.337. The molecule has 1 aliphatic rings. The van der Waals surface area contributed by atoms with Crippen LogP contribution in [-0.4, -0.2) is 26.1 Å². The normalized spacial score (nSPS) is 72.3. The third-order valence-electron chi connectivity index (χ3n) is 0.337. The zero-order valence-corrected chi connectivity index (χ0v) is 4.16. The second-order valence-electron chi connectivity index (χ2n) is 0.692. The number of nitrogens with one attached hydrogen (secondary N) is 1. The summed E-state index contributed by atoms with van der Waals surface area (Å²) in [6, 6.07) is 0. The van der Waals surface area contributed by atoms with Gasteiger partial charge >= 0.3 is 0 Å². The highest BCUT2D eigenvalue weighted by atomic mass is 35.5. The van der Waals surface area contributed by atoms with Crippen molar-refractivity contribution in [3.05, 3.63) is 0 Å². The Balaban J connectivity index is 0.00000196. The molecule has 0 aromatic heterocycles. The minimum atomic E-state index is -2.96. The van der Waals surface area contributed by atoms with Crippen molar-refractivity contribution < 1.29 is 15.7 Å². The molecule has 0 amide bonds. The Hall–Kier alpha value is 0.210. The Kier molecular flexibility index (Phi) is 0.860. The van der Waals surface area contributed by atoms with E-state index >= 15 is 0 Å². The summed E-state index contributed by atoms with van der Waals surface area (Å²) in [5, 5.41) is -0.0729. The molecule has 1 atom stereocenters. The maximum atomic E-state index is 7.16. The van der Waals surface area contributed by atoms with Crippen molar-refractivity contribution in [3.8, 4) is 0 Å². The summed E-state index contributed by atoms with van der Waals surface area (Å²) in [4.78, 5) is 0. The molecule has 1 N–H and O–H groups in total. The van der Waals surface area contributed by atoms with E-state index in [2.05, 4.69) is 4.74 Å². The Morgan fingerprint density at radius 3 is 3.43 bits per heavy atom. The Bertz CT molecular complexity index is 247. The highest BCUT2D eigenvalue weighted by Crippen LogP contribution is 1.76. The molecular weight excluding hydrogens is 114 g/mol. The molecule has 1 aliphatic heterocycles. The predicted molar refractivity (Wildman–Crippen MR) is 30.9 cm³/mol. The smallest absolute Gasteiger partial charge is 0.122 e. The second kappa shape index (κ2) is 4.37. The van der Waals surface area contributed by atoms with Crippen molar-refractivity contribution in [2.45, 2.75) is 0 Å². The summed E-state index contributed by atoms with van der Waals surface area (Å²) >= 11 is 0. The first kappa shape index (κ1) is 1.38. The lowest BCUT2D eigenvalue weighted by molar-refractivity contribution is 0.109. The van der Waals surface area contributed by atoms with E-state index in [1.165, 1.54) is 0 Å². The van der Waals surface area contributed by atoms with Crippen LogP contribution in [0.3, 0.4) is 0 Å². The maximum absolute atomic E-state index is 7.16. The minimum absolute atomic E-state index is 0. The molecule has 0 aromatic rings. The van der Waals surface area contributed by atoms with Crippen LogP contribution in [0.2, 0.25) is 1.41 Å². The number of hydrogen-bond donors (Lipinski definition) is 1. The van der Waals surface area contributed by atoms with Gasteiger partial charge in [-0.2, -0.15) is 0 Å². The van der Waals surface area contributed by atoms with Crippen molar-refractivity contribution in [2.24, 2.45) is 0 Å². The van der Waals surface area contributed by atoms with Crippen LogP contribution in [0.5, 0.6) is 0 Å². The molecule has 1 fully saturated rings. The van der Waals surface area contributed by atoms with Crippen molar-refractivity contribution >= 4 is 12.4 Å². The van der Waals surface area contributed by atoms with E-state index in [0.717, 1.165) is 0 Å². The topological polar surface area (TPSA) is 21.3 Å². The molecule has 2 nitrogen and oxygen atoms in total. The zero-order valence-electron chi connectivity index (χ0n) is 11.3. The molecule has 0 radical (unpaired) electrons. The highest BCUT2D eigenvalue weighted by Gasteiger charge is 1.92. The van der Waals surface area contributed by atoms with Crippen LogP contribution in [0.4, 0.5) is 0 Å². The Morgan fingerprint density at radius 1 is 1.71 bits per heavy atom. The highest BCUT2D eigenvalue weighted by molar-refractivity contribution is 5.85. The fourth-order valence-corrected chi connectivity index (χ4v) is 0.164. The van der Waals surface area contributed by atoms with E-state index in [1.54, 1.807) is 0 Å². The van der Waals surface area contributed by atoms with Crippen LogP contribution in [0, 0.1) is 0 Å². The SMILES string of the molecule is Cl.[2H]C1N([2H])C([2H])([2H])C([2H])([2H])OC1([2H])[2H]. The van der Waals surface area contributed by atoms with Gasteiger partial charge in [0, 0.05) is 17.1 Å². The van der Waals surface area contributed by atoms with Crippen LogP contribution in [-0.2, 0) is 4.74 Å². The van der Waals surface area contributed by atoms with Gasteiger partial charge in [-0.15, -0.1) is 12.4 Å². The Labute approximate surface area is 60.9 Å². The van der Waals surface area contributed by atoms with E-state index in [9.17, 15) is 0 Å². The lowest BCUT2D eigenvalue weighted by atomic mass is 10.5. The minimum Gasteiger partial charge on any atom is -0.379 e. The molecule has 44 valence electrons. The van der Waals surface area contributed by atoms with Crippen molar-refractivity contribution in [1.82, 2.24) is 5.31 Å². The summed E-state index contributed by atoms with van der Waals surface area (Å²) in [5.74, 6) is 0. The third kappa shape index (κ3) is 2.85. The number of rotatable bonds is 0. The van der Waals surface area contributed by atoms with Gasteiger partial charge in [-0.25, -0.2) is 0 Å². The number of hydrogen-bond acceptors (Lipinski definition) is 2. The van der Waals surface area contributed by atoms with Crippen molar-refractivity contribution in [3.63, 3.8) is 0 Å². The molecule has 3 heteroatoms. The Morgan fingerprint density at radius 2 is 2.57 bits per heavy atom. The average Bonchev–Trinajstić information content (AvgIpc) is 1.97. The van der Waals surface area contributed by atoms with Gasteiger partial charge in [0.25, 0.3) is 0 Å². The lowest BCUT2D eigenvalue weighted by Gasteiger charge is -2.10. The van der Waals surface area contributed by atoms with Crippen LogP contribution < -0.4 is 5.31 Å². The van der Waals surface area contributed by atoms with E-state index in [-0.39, 0.29) is 17.7 Å². The van der Waals surface area contributed by atoms with Gasteiger partial charge in [0.15, 0.2) is 0 Å². The predicted octanol–water partition coefficient (Wildman–Crippen LogP) is 0.0280. The van der Waals surface area contributed by atoms with Crippen molar-refractivity contribution in [1.29, 1.82) is 0 Å². The van der Waals surface area contributed by atoms with Gasteiger partial charge in [-0.05, 0) is 0 Å². The number of morpholine rings is 1. The van der Waals surface area contributed by atoms with Crippen LogP contribution in [0.1, 0.15) is 9.60 Å². The zero-order chi connectivity index (χ0) is 11.4. The summed E-state index contributed by atoms with van der Waals surface area (Å²) in [5.41, 5.74) is 0. The number of halogens is 1. The van der Waals surface area contributed by atoms with Gasteiger partial charge in [-0.1, -0.05) is 0 Å². The summed E-state index contributed by atoms with van der Waals surface area (Å²) in [6.07, 6.45) is 0. The molecule has 1 unspecified atom stereocenters. The molecular formula is C4H10ClNO. The molecule has 1 saturated heterocycles. The first-order valence-corrected chi connectivity index (χ1v) is 1.43. The van der Waals surface area contributed by atoms with Gasteiger partial charge in [-0.3, -0.25) is 0 Å². The standard InChI is InChI=1S/C4H9NO.ClH/c1-3-6-4-2-5-1;/h5H,1-4H2;1H/i1D,2D2,3D2,4D2;/hD. The molecule has 0 aliphatic carbocycles. The summed E-state index contributed by atoms with van der Waals surface area (Å²) in [6.45, 7) is -10.5. The van der Waals surface area contributed by atoms with Crippen LogP contribution in [0.25, 0.3) is 0 Å². The fraction of sp³-hybridized carbons (Fsp3) is 1.00. The van der Waals surface area contributed by atoms with E-state index in [1.807, 2.05) is 0 Å². The molecule has 0 spiro atoms. The molecule has 0 saturated carbocycles. The summed E-state index contributed by atoms with van der Waals surface area (Å²) < 4.78 is 61.1. The largest absolute Gasteiger partial charge is 0.379 e. The molecule has 7 heavy (non-hydrogen) atoms. The molecule has 1 heterocycles. The monoisotopic (exact) mass is 131 g/mol. The lowest BCUT2D eigenvalue weighted by Crippen LogP contribution is -2.30. The fourth-order valence-electron chi connectivity index (χ4n) is 0.164. The molecule has 1 rings (SSSR count). The van der Waals surface area contributed by atoms with E-state index in [0.29, 0.717) is 0 Å². The average molecular weight is 132 g/mol. The van der Waals surface area contributed by atoms with Crippen LogP contribution >= 0.6 is 12.4 Å². The molecule has 0 aromatic carbocycles. The van der Waals surface area contributed by atoms with Gasteiger partial charge in [0.1, 0.15) is 1.41 Å². The van der Waals surface area contributed by atoms with Crippen LogP contribution in [0.15, 0.2) is 0 Å². The van der Waals surface area contributed by atoms with Gasteiger partial charge in [0.05, 0.1) is 18.6 Å². The first-order valence-electron chi connectivity index (χ1n) is 5.45. The summed E-state index contributed by atoms with van der Waals surface area (Å²) in [7, 11) is 0. The quantitative estimate of drug-likeness (QED) is 0.501. The number of ether oxygens (including phenoxy) is 1. The second-order valence-corrected chi connectivity index (χ2v) is 0.692. The maximum Gasteiger partial charge on any atom is 0.122 e.